The second-order valence-corrected chi connectivity index (χ2v) is 6.08. The summed E-state index contributed by atoms with van der Waals surface area (Å²) in [7, 11) is 0. The van der Waals surface area contributed by atoms with Gasteiger partial charge in [-0.2, -0.15) is 0 Å². The van der Waals surface area contributed by atoms with E-state index in [0.29, 0.717) is 5.88 Å². The highest BCUT2D eigenvalue weighted by molar-refractivity contribution is 5.88. The molecule has 0 saturated carbocycles. The first kappa shape index (κ1) is 13.5. The van der Waals surface area contributed by atoms with Gasteiger partial charge in [0.1, 0.15) is 0 Å². The summed E-state index contributed by atoms with van der Waals surface area (Å²) < 4.78 is 4.80. The number of amides is 2. The van der Waals surface area contributed by atoms with Gasteiger partial charge < -0.3 is 9.84 Å². The highest BCUT2D eigenvalue weighted by Crippen LogP contribution is 2.26. The van der Waals surface area contributed by atoms with Crippen LogP contribution in [0.25, 0.3) is 0 Å². The quantitative estimate of drug-likeness (QED) is 0.852. The predicted octanol–water partition coefficient (Wildman–Crippen LogP) is 3.01. The molecule has 5 heteroatoms. The fraction of sp³-hybridized carbons (Fsp3) is 0.667. The van der Waals surface area contributed by atoms with E-state index in [0.717, 1.165) is 6.42 Å². The first-order valence-electron chi connectivity index (χ1n) is 5.68. The molecule has 0 unspecified atom stereocenters. The van der Waals surface area contributed by atoms with E-state index < -0.39 is 0 Å². The molecule has 1 rings (SSSR count). The maximum absolute atomic E-state index is 11.7. The molecule has 0 atom stereocenters. The average Bonchev–Trinajstić information content (AvgIpc) is 2.49. The molecule has 2 N–H and O–H groups in total. The number of carbonyl (C=O) groups is 1. The van der Waals surface area contributed by atoms with Crippen LogP contribution in [0.2, 0.25) is 0 Å². The minimum atomic E-state index is -0.281. The summed E-state index contributed by atoms with van der Waals surface area (Å²) in [5.41, 5.74) is -0.120. The van der Waals surface area contributed by atoms with Gasteiger partial charge in [0.05, 0.1) is 6.20 Å². The number of carbonyl (C=O) groups excluding carboxylic acids is 1. The van der Waals surface area contributed by atoms with E-state index in [9.17, 15) is 4.79 Å². The Morgan fingerprint density at radius 2 is 2.00 bits per heavy atom. The van der Waals surface area contributed by atoms with Gasteiger partial charge in [-0.1, -0.05) is 25.9 Å². The molecule has 0 aliphatic heterocycles. The topological polar surface area (TPSA) is 67.2 Å². The fourth-order valence-electron chi connectivity index (χ4n) is 2.10. The van der Waals surface area contributed by atoms with Gasteiger partial charge in [-0.15, -0.1) is 0 Å². The number of anilines is 1. The van der Waals surface area contributed by atoms with Gasteiger partial charge in [0.2, 0.25) is 5.88 Å². The third kappa shape index (κ3) is 5.38. The number of rotatable bonds is 3. The first-order chi connectivity index (χ1) is 7.68. The van der Waals surface area contributed by atoms with Crippen molar-refractivity contribution in [3.63, 3.8) is 0 Å². The highest BCUT2D eigenvalue weighted by atomic mass is 16.5. The van der Waals surface area contributed by atoms with Crippen LogP contribution in [-0.4, -0.2) is 16.7 Å². The molecule has 0 aliphatic rings. The van der Waals surface area contributed by atoms with Crippen molar-refractivity contribution in [3.8, 4) is 0 Å². The maximum atomic E-state index is 11.7. The Bertz CT molecular complexity index is 364. The normalized spacial score (nSPS) is 12.3. The van der Waals surface area contributed by atoms with Crippen molar-refractivity contribution in [2.75, 3.05) is 5.32 Å². The Morgan fingerprint density at radius 1 is 1.35 bits per heavy atom. The van der Waals surface area contributed by atoms with Gasteiger partial charge in [0.15, 0.2) is 0 Å². The summed E-state index contributed by atoms with van der Waals surface area (Å²) >= 11 is 0. The molecular weight excluding hydrogens is 218 g/mol. The predicted molar refractivity (Wildman–Crippen MR) is 66.8 cm³/mol. The monoisotopic (exact) mass is 239 g/mol. The number of nitrogens with one attached hydrogen (secondary N) is 2. The van der Waals surface area contributed by atoms with E-state index in [4.69, 9.17) is 4.52 Å². The zero-order valence-electron chi connectivity index (χ0n) is 11.1. The van der Waals surface area contributed by atoms with E-state index >= 15 is 0 Å². The highest BCUT2D eigenvalue weighted by Gasteiger charge is 2.27. The lowest BCUT2D eigenvalue weighted by Gasteiger charge is -2.33. The standard InChI is InChI=1S/C12H21N3O2/c1-11(2,3)8-12(4,5)15-10(16)14-9-6-7-13-17-9/h6-7H,8H2,1-5H3,(H2,14,15,16). The Labute approximate surface area is 102 Å². The minimum Gasteiger partial charge on any atom is -0.338 e. The van der Waals surface area contributed by atoms with Gasteiger partial charge in [-0.25, -0.2) is 4.79 Å². The molecule has 5 nitrogen and oxygen atoms in total. The van der Waals surface area contributed by atoms with E-state index in [2.05, 4.69) is 36.6 Å². The van der Waals surface area contributed by atoms with Crippen LogP contribution >= 0.6 is 0 Å². The van der Waals surface area contributed by atoms with E-state index in [1.54, 1.807) is 6.07 Å². The Kier molecular flexibility index (Phi) is 3.80. The molecular formula is C12H21N3O2. The van der Waals surface area contributed by atoms with Crippen LogP contribution in [0.4, 0.5) is 10.7 Å². The SMILES string of the molecule is CC(C)(C)CC(C)(C)NC(=O)Nc1ccno1. The molecule has 1 aromatic heterocycles. The zero-order valence-corrected chi connectivity index (χ0v) is 11.1. The number of nitrogens with zero attached hydrogens (tertiary/aromatic N) is 1. The van der Waals surface area contributed by atoms with Gasteiger partial charge in [-0.05, 0) is 25.7 Å². The third-order valence-electron chi connectivity index (χ3n) is 2.10. The van der Waals surface area contributed by atoms with Crippen LogP contribution in [0.3, 0.4) is 0 Å². The first-order valence-corrected chi connectivity index (χ1v) is 5.68. The minimum absolute atomic E-state index is 0.156. The number of hydrogen-bond acceptors (Lipinski definition) is 3. The van der Waals surface area contributed by atoms with Crippen LogP contribution in [0.15, 0.2) is 16.8 Å². The average molecular weight is 239 g/mol. The van der Waals surface area contributed by atoms with Crippen molar-refractivity contribution in [1.82, 2.24) is 10.5 Å². The van der Waals surface area contributed by atoms with Crippen LogP contribution in [-0.2, 0) is 0 Å². The number of hydrogen-bond donors (Lipinski definition) is 2. The molecule has 0 fully saturated rings. The lowest BCUT2D eigenvalue weighted by molar-refractivity contribution is 0.219. The summed E-state index contributed by atoms with van der Waals surface area (Å²) in [5.74, 6) is 0.342. The van der Waals surface area contributed by atoms with Crippen molar-refractivity contribution in [2.45, 2.75) is 46.6 Å². The van der Waals surface area contributed by atoms with Crippen LogP contribution < -0.4 is 10.6 Å². The summed E-state index contributed by atoms with van der Waals surface area (Å²) in [6.07, 6.45) is 2.36. The van der Waals surface area contributed by atoms with Crippen molar-refractivity contribution < 1.29 is 9.32 Å². The molecule has 0 spiro atoms. The molecule has 0 bridgehead atoms. The lowest BCUT2D eigenvalue weighted by atomic mass is 9.82. The van der Waals surface area contributed by atoms with Gasteiger partial charge in [-0.3, -0.25) is 5.32 Å². The van der Waals surface area contributed by atoms with Crippen molar-refractivity contribution >= 4 is 11.9 Å². The van der Waals surface area contributed by atoms with E-state index in [1.165, 1.54) is 6.20 Å². The molecule has 0 radical (unpaired) electrons. The maximum Gasteiger partial charge on any atom is 0.322 e. The smallest absolute Gasteiger partial charge is 0.322 e. The van der Waals surface area contributed by atoms with Crippen molar-refractivity contribution in [1.29, 1.82) is 0 Å². The molecule has 17 heavy (non-hydrogen) atoms. The van der Waals surface area contributed by atoms with Gasteiger partial charge >= 0.3 is 6.03 Å². The van der Waals surface area contributed by atoms with Gasteiger partial charge in [0, 0.05) is 11.6 Å². The van der Waals surface area contributed by atoms with Gasteiger partial charge in [0.25, 0.3) is 0 Å². The molecule has 0 saturated heterocycles. The Hall–Kier alpha value is -1.52. The molecule has 1 aromatic rings. The van der Waals surface area contributed by atoms with Crippen LogP contribution in [0.1, 0.15) is 41.0 Å². The summed E-state index contributed by atoms with van der Waals surface area (Å²) in [4.78, 5) is 11.7. The number of aromatic nitrogens is 1. The van der Waals surface area contributed by atoms with Crippen molar-refractivity contribution in [2.24, 2.45) is 5.41 Å². The van der Waals surface area contributed by atoms with Crippen LogP contribution in [0.5, 0.6) is 0 Å². The lowest BCUT2D eigenvalue weighted by Crippen LogP contribution is -2.47. The number of urea groups is 1. The van der Waals surface area contributed by atoms with Crippen LogP contribution in [0, 0.1) is 5.41 Å². The Balaban J connectivity index is 2.50. The summed E-state index contributed by atoms with van der Waals surface area (Å²) in [5, 5.41) is 9.01. The molecule has 96 valence electrons. The molecule has 0 aliphatic carbocycles. The second kappa shape index (κ2) is 4.77. The third-order valence-corrected chi connectivity index (χ3v) is 2.10. The second-order valence-electron chi connectivity index (χ2n) is 6.08. The summed E-state index contributed by atoms with van der Waals surface area (Å²) in [6, 6.07) is 1.31. The fourth-order valence-corrected chi connectivity index (χ4v) is 2.10. The zero-order chi connectivity index (χ0) is 13.1. The largest absolute Gasteiger partial charge is 0.338 e. The molecule has 0 aromatic carbocycles. The molecule has 1 heterocycles. The Morgan fingerprint density at radius 3 is 2.47 bits per heavy atom. The molecule has 2 amide bonds. The van der Waals surface area contributed by atoms with E-state index in [1.807, 2.05) is 13.8 Å². The summed E-state index contributed by atoms with van der Waals surface area (Å²) in [6.45, 7) is 10.4. The van der Waals surface area contributed by atoms with Crippen molar-refractivity contribution in [3.05, 3.63) is 12.3 Å². The van der Waals surface area contributed by atoms with E-state index in [-0.39, 0.29) is 17.0 Å².